The van der Waals surface area contributed by atoms with Gasteiger partial charge in [0.2, 0.25) is 0 Å². The number of nitro benzene ring substituents is 1. The highest BCUT2D eigenvalue weighted by Crippen LogP contribution is 2.22. The molecule has 1 N–H and O–H groups in total. The van der Waals surface area contributed by atoms with E-state index in [1.54, 1.807) is 6.07 Å². The maximum absolute atomic E-state index is 10.9. The first kappa shape index (κ1) is 16.9. The maximum Gasteiger partial charge on any atom is 0.289 e. The number of nitrogens with zero attached hydrogens (tertiary/aromatic N) is 3. The lowest BCUT2D eigenvalue weighted by molar-refractivity contribution is -0.385. The van der Waals surface area contributed by atoms with Crippen molar-refractivity contribution < 1.29 is 4.92 Å². The number of benzene rings is 1. The van der Waals surface area contributed by atoms with Gasteiger partial charge in [0, 0.05) is 24.3 Å². The van der Waals surface area contributed by atoms with E-state index in [1.807, 2.05) is 6.07 Å². The number of rotatable bonds is 8. The molecule has 0 bridgehead atoms. The number of nitriles is 1. The van der Waals surface area contributed by atoms with Crippen molar-refractivity contribution in [2.75, 3.05) is 25.5 Å². The summed E-state index contributed by atoms with van der Waals surface area (Å²) in [7, 11) is 2.10. The summed E-state index contributed by atoms with van der Waals surface area (Å²) >= 11 is 0. The minimum atomic E-state index is -0.526. The first-order chi connectivity index (χ1) is 9.95. The molecule has 0 spiro atoms. The molecule has 0 radical (unpaired) electrons. The Labute approximate surface area is 125 Å². The average Bonchev–Trinajstić information content (AvgIpc) is 2.46. The van der Waals surface area contributed by atoms with E-state index in [0.29, 0.717) is 11.7 Å². The van der Waals surface area contributed by atoms with Crippen LogP contribution >= 0.6 is 0 Å². The third-order valence-electron chi connectivity index (χ3n) is 3.46. The topological polar surface area (TPSA) is 82.2 Å². The second-order valence-corrected chi connectivity index (χ2v) is 5.31. The normalized spacial score (nSPS) is 10.7. The number of hydrogen-bond acceptors (Lipinski definition) is 5. The van der Waals surface area contributed by atoms with E-state index in [2.05, 4.69) is 31.1 Å². The molecule has 0 unspecified atom stereocenters. The lowest BCUT2D eigenvalue weighted by Gasteiger charge is -2.20. The van der Waals surface area contributed by atoms with Gasteiger partial charge in [-0.25, -0.2) is 0 Å². The van der Waals surface area contributed by atoms with E-state index >= 15 is 0 Å². The number of nitro groups is 1. The summed E-state index contributed by atoms with van der Waals surface area (Å²) in [6, 6.07) is 6.96. The molecule has 1 aromatic carbocycles. The smallest absolute Gasteiger partial charge is 0.289 e. The summed E-state index contributed by atoms with van der Waals surface area (Å²) < 4.78 is 0. The van der Waals surface area contributed by atoms with Crippen LogP contribution in [0.25, 0.3) is 0 Å². The molecule has 0 amide bonds. The van der Waals surface area contributed by atoms with Gasteiger partial charge in [0.15, 0.2) is 0 Å². The van der Waals surface area contributed by atoms with Gasteiger partial charge in [0.1, 0.15) is 11.6 Å². The number of anilines is 1. The number of nitrogens with one attached hydrogen (secondary N) is 1. The van der Waals surface area contributed by atoms with Crippen molar-refractivity contribution in [3.05, 3.63) is 33.9 Å². The zero-order chi connectivity index (χ0) is 15.8. The number of unbranched alkanes of at least 4 members (excludes halogenated alkanes) is 1. The van der Waals surface area contributed by atoms with Gasteiger partial charge in [-0.3, -0.25) is 10.1 Å². The molecule has 6 nitrogen and oxygen atoms in total. The monoisotopic (exact) mass is 290 g/mol. The van der Waals surface area contributed by atoms with Crippen LogP contribution in [0.1, 0.15) is 32.3 Å². The summed E-state index contributed by atoms with van der Waals surface area (Å²) in [5.74, 6) is 0. The fourth-order valence-corrected chi connectivity index (χ4v) is 1.86. The highest BCUT2D eigenvalue weighted by Gasteiger charge is 2.13. The van der Waals surface area contributed by atoms with Crippen LogP contribution in [-0.4, -0.2) is 36.0 Å². The molecule has 0 aliphatic carbocycles. The van der Waals surface area contributed by atoms with Crippen molar-refractivity contribution in [3.63, 3.8) is 0 Å². The van der Waals surface area contributed by atoms with Crippen LogP contribution in [0.3, 0.4) is 0 Å². The Kier molecular flexibility index (Phi) is 6.63. The van der Waals surface area contributed by atoms with E-state index in [-0.39, 0.29) is 11.3 Å². The van der Waals surface area contributed by atoms with Crippen LogP contribution in [0.4, 0.5) is 11.4 Å². The minimum absolute atomic E-state index is 0.0871. The van der Waals surface area contributed by atoms with Gasteiger partial charge in [0.25, 0.3) is 5.69 Å². The van der Waals surface area contributed by atoms with Crippen molar-refractivity contribution in [3.8, 4) is 6.07 Å². The van der Waals surface area contributed by atoms with E-state index in [0.717, 1.165) is 25.9 Å². The molecule has 0 saturated carbocycles. The first-order valence-corrected chi connectivity index (χ1v) is 7.08. The molecule has 0 aliphatic heterocycles. The maximum atomic E-state index is 10.9. The van der Waals surface area contributed by atoms with E-state index in [1.165, 1.54) is 12.1 Å². The zero-order valence-corrected chi connectivity index (χ0v) is 12.8. The quantitative estimate of drug-likeness (QED) is 0.452. The second kappa shape index (κ2) is 8.22. The van der Waals surface area contributed by atoms with Crippen molar-refractivity contribution in [2.45, 2.75) is 32.7 Å². The Balaban J connectivity index is 2.45. The second-order valence-electron chi connectivity index (χ2n) is 5.31. The summed E-state index contributed by atoms with van der Waals surface area (Å²) in [5, 5.41) is 22.9. The van der Waals surface area contributed by atoms with Crippen LogP contribution in [-0.2, 0) is 0 Å². The fraction of sp³-hybridized carbons (Fsp3) is 0.533. The van der Waals surface area contributed by atoms with Crippen molar-refractivity contribution >= 4 is 11.4 Å². The molecule has 21 heavy (non-hydrogen) atoms. The van der Waals surface area contributed by atoms with Crippen molar-refractivity contribution in [1.29, 1.82) is 5.26 Å². The Morgan fingerprint density at radius 3 is 2.71 bits per heavy atom. The van der Waals surface area contributed by atoms with Gasteiger partial charge < -0.3 is 10.2 Å². The van der Waals surface area contributed by atoms with E-state index in [9.17, 15) is 10.1 Å². The Hall–Kier alpha value is -2.13. The molecule has 0 saturated heterocycles. The number of hydrogen-bond donors (Lipinski definition) is 1. The van der Waals surface area contributed by atoms with E-state index < -0.39 is 4.92 Å². The molecule has 1 rings (SSSR count). The predicted octanol–water partition coefficient (Wildman–Crippen LogP) is 3.00. The molecule has 0 heterocycles. The molecule has 0 atom stereocenters. The Morgan fingerprint density at radius 1 is 1.43 bits per heavy atom. The van der Waals surface area contributed by atoms with Gasteiger partial charge in [-0.1, -0.05) is 0 Å². The molecule has 114 valence electrons. The van der Waals surface area contributed by atoms with E-state index in [4.69, 9.17) is 5.26 Å². The summed E-state index contributed by atoms with van der Waals surface area (Å²) in [6.45, 7) is 6.12. The predicted molar refractivity (Wildman–Crippen MR) is 83.3 cm³/mol. The molecular formula is C15H22N4O2. The van der Waals surface area contributed by atoms with Crippen molar-refractivity contribution in [1.82, 2.24) is 4.90 Å². The summed E-state index contributed by atoms with van der Waals surface area (Å²) in [4.78, 5) is 12.6. The third-order valence-corrected chi connectivity index (χ3v) is 3.46. The molecule has 6 heteroatoms. The van der Waals surface area contributed by atoms with Crippen molar-refractivity contribution in [2.24, 2.45) is 0 Å². The largest absolute Gasteiger partial charge is 0.385 e. The van der Waals surface area contributed by atoms with Crippen LogP contribution in [0.15, 0.2) is 18.2 Å². The van der Waals surface area contributed by atoms with Gasteiger partial charge in [0.05, 0.1) is 4.92 Å². The van der Waals surface area contributed by atoms with Crippen LogP contribution < -0.4 is 5.32 Å². The Morgan fingerprint density at radius 2 is 2.14 bits per heavy atom. The lowest BCUT2D eigenvalue weighted by Crippen LogP contribution is -2.27. The molecule has 0 aliphatic rings. The third kappa shape index (κ3) is 5.40. The summed E-state index contributed by atoms with van der Waals surface area (Å²) in [6.07, 6.45) is 2.06. The SMILES string of the molecule is CC(C)N(C)CCCCNc1ccc(C#N)c([N+](=O)[O-])c1. The van der Waals surface area contributed by atoms with Crippen LogP contribution in [0.2, 0.25) is 0 Å². The van der Waals surface area contributed by atoms with Crippen LogP contribution in [0.5, 0.6) is 0 Å². The highest BCUT2D eigenvalue weighted by molar-refractivity contribution is 5.59. The highest BCUT2D eigenvalue weighted by atomic mass is 16.6. The minimum Gasteiger partial charge on any atom is -0.385 e. The average molecular weight is 290 g/mol. The zero-order valence-electron chi connectivity index (χ0n) is 12.8. The molecule has 1 aromatic rings. The van der Waals surface area contributed by atoms with Gasteiger partial charge in [-0.05, 0) is 52.4 Å². The standard InChI is InChI=1S/C15H22N4O2/c1-12(2)18(3)9-5-4-8-17-14-7-6-13(11-16)15(10-14)19(20)21/h6-7,10,12,17H,4-5,8-9H2,1-3H3. The Bertz CT molecular complexity index is 523. The molecular weight excluding hydrogens is 268 g/mol. The molecule has 0 fully saturated rings. The lowest BCUT2D eigenvalue weighted by atomic mass is 10.1. The molecule has 0 aromatic heterocycles. The van der Waals surface area contributed by atoms with Crippen LogP contribution in [0, 0.1) is 21.4 Å². The first-order valence-electron chi connectivity index (χ1n) is 7.08. The van der Waals surface area contributed by atoms with Gasteiger partial charge in [-0.15, -0.1) is 0 Å². The van der Waals surface area contributed by atoms with Gasteiger partial charge in [-0.2, -0.15) is 5.26 Å². The summed E-state index contributed by atoms with van der Waals surface area (Å²) in [5.41, 5.74) is 0.615. The fourth-order valence-electron chi connectivity index (χ4n) is 1.86. The van der Waals surface area contributed by atoms with Gasteiger partial charge >= 0.3 is 0 Å².